The Morgan fingerprint density at radius 2 is 2.14 bits per heavy atom. The molecule has 0 spiro atoms. The summed E-state index contributed by atoms with van der Waals surface area (Å²) in [5, 5.41) is 5.95. The second kappa shape index (κ2) is 7.67. The lowest BCUT2D eigenvalue weighted by Crippen LogP contribution is -2.47. The maximum Gasteiger partial charge on any atom is 0.227 e. The quantitative estimate of drug-likeness (QED) is 0.609. The summed E-state index contributed by atoms with van der Waals surface area (Å²) in [5.74, 6) is 0.763. The Balaban J connectivity index is 2.68. The summed E-state index contributed by atoms with van der Waals surface area (Å²) in [4.78, 5) is 18.1. The number of amides is 1. The smallest absolute Gasteiger partial charge is 0.227 e. The summed E-state index contributed by atoms with van der Waals surface area (Å²) in [6.07, 6.45) is 2.02. The molecule has 7 heteroatoms. The number of rotatable bonds is 5. The molecule has 1 amide bonds. The largest absolute Gasteiger partial charge is 0.359 e. The van der Waals surface area contributed by atoms with Crippen molar-refractivity contribution in [2.45, 2.75) is 20.4 Å². The zero-order valence-electron chi connectivity index (χ0n) is 14.2. The van der Waals surface area contributed by atoms with Gasteiger partial charge in [-0.2, -0.15) is 0 Å². The maximum atomic E-state index is 11.8. The van der Waals surface area contributed by atoms with Crippen molar-refractivity contribution in [1.29, 1.82) is 0 Å². The monoisotopic (exact) mass is 371 g/mol. The Morgan fingerprint density at radius 3 is 2.59 bits per heavy atom. The third kappa shape index (κ3) is 4.76. The van der Waals surface area contributed by atoms with Crippen LogP contribution < -0.4 is 10.6 Å². The second-order valence-corrected chi connectivity index (χ2v) is 6.90. The summed E-state index contributed by atoms with van der Waals surface area (Å²) in [7, 11) is 7.38. The Labute approximate surface area is 141 Å². The van der Waals surface area contributed by atoms with Crippen LogP contribution in [0.5, 0.6) is 0 Å². The normalized spacial score (nSPS) is 12.2. The number of guanidine groups is 1. The number of carbonyl (C=O) groups excluding carboxylic acids is 1. The van der Waals surface area contributed by atoms with E-state index in [-0.39, 0.29) is 5.91 Å². The fourth-order valence-electron chi connectivity index (χ4n) is 2.14. The van der Waals surface area contributed by atoms with Crippen molar-refractivity contribution < 1.29 is 4.79 Å². The van der Waals surface area contributed by atoms with Gasteiger partial charge in [0.25, 0.3) is 0 Å². The average Bonchev–Trinajstić information content (AvgIpc) is 2.76. The van der Waals surface area contributed by atoms with Crippen molar-refractivity contribution in [2.24, 2.45) is 17.5 Å². The number of halogens is 1. The summed E-state index contributed by atoms with van der Waals surface area (Å²) < 4.78 is 3.13. The zero-order valence-corrected chi connectivity index (χ0v) is 15.8. The van der Waals surface area contributed by atoms with Crippen LogP contribution in [0.2, 0.25) is 0 Å². The summed E-state index contributed by atoms with van der Waals surface area (Å²) in [5.41, 5.74) is 0.669. The lowest BCUT2D eigenvalue weighted by Gasteiger charge is -2.27. The molecule has 0 aromatic carbocycles. The third-order valence-electron chi connectivity index (χ3n) is 3.58. The molecule has 0 saturated carbocycles. The first kappa shape index (κ1) is 18.5. The van der Waals surface area contributed by atoms with E-state index in [0.717, 1.165) is 17.0 Å². The SMILES string of the molecule is CN=C(NCC(C)(C)C(=O)NC)N(C)Cc1cc(Br)cn1C. The van der Waals surface area contributed by atoms with E-state index >= 15 is 0 Å². The number of nitrogens with zero attached hydrogens (tertiary/aromatic N) is 3. The number of aryl methyl sites for hydroxylation is 1. The number of aromatic nitrogens is 1. The molecule has 0 aliphatic heterocycles. The number of nitrogens with one attached hydrogen (secondary N) is 2. The minimum atomic E-state index is -0.500. The van der Waals surface area contributed by atoms with Gasteiger partial charge in [0.1, 0.15) is 0 Å². The van der Waals surface area contributed by atoms with Crippen LogP contribution in [0.4, 0.5) is 0 Å². The van der Waals surface area contributed by atoms with E-state index in [9.17, 15) is 4.79 Å². The van der Waals surface area contributed by atoms with Crippen molar-refractivity contribution in [2.75, 3.05) is 27.7 Å². The Bertz CT molecular complexity index is 550. The van der Waals surface area contributed by atoms with Crippen LogP contribution in [-0.4, -0.2) is 49.0 Å². The van der Waals surface area contributed by atoms with Crippen LogP contribution >= 0.6 is 15.9 Å². The lowest BCUT2D eigenvalue weighted by atomic mass is 9.92. The highest BCUT2D eigenvalue weighted by atomic mass is 79.9. The molecular weight excluding hydrogens is 346 g/mol. The first-order chi connectivity index (χ1) is 10.2. The number of carbonyl (C=O) groups is 1. The van der Waals surface area contributed by atoms with Gasteiger partial charge in [0.05, 0.1) is 12.0 Å². The molecular formula is C15H26BrN5O. The van der Waals surface area contributed by atoms with Crippen molar-refractivity contribution in [3.8, 4) is 0 Å². The highest BCUT2D eigenvalue weighted by molar-refractivity contribution is 9.10. The molecule has 2 N–H and O–H groups in total. The van der Waals surface area contributed by atoms with Crippen LogP contribution in [0.25, 0.3) is 0 Å². The van der Waals surface area contributed by atoms with Crippen LogP contribution in [0.3, 0.4) is 0 Å². The zero-order chi connectivity index (χ0) is 16.9. The molecule has 1 heterocycles. The minimum Gasteiger partial charge on any atom is -0.359 e. The Kier molecular flexibility index (Phi) is 6.47. The van der Waals surface area contributed by atoms with Gasteiger partial charge in [0.2, 0.25) is 5.91 Å². The fraction of sp³-hybridized carbons (Fsp3) is 0.600. The molecule has 1 aromatic heterocycles. The van der Waals surface area contributed by atoms with Crippen LogP contribution in [-0.2, 0) is 18.4 Å². The molecule has 1 aromatic rings. The maximum absolute atomic E-state index is 11.8. The highest BCUT2D eigenvalue weighted by Gasteiger charge is 2.27. The van der Waals surface area contributed by atoms with Gasteiger partial charge in [-0.3, -0.25) is 9.79 Å². The molecule has 22 heavy (non-hydrogen) atoms. The van der Waals surface area contributed by atoms with E-state index < -0.39 is 5.41 Å². The van der Waals surface area contributed by atoms with E-state index in [4.69, 9.17) is 0 Å². The molecule has 6 nitrogen and oxygen atoms in total. The van der Waals surface area contributed by atoms with Gasteiger partial charge in [-0.25, -0.2) is 0 Å². The molecule has 0 saturated heterocycles. The van der Waals surface area contributed by atoms with E-state index in [1.54, 1.807) is 14.1 Å². The molecule has 0 aliphatic rings. The second-order valence-electron chi connectivity index (χ2n) is 5.98. The predicted molar refractivity (Wildman–Crippen MR) is 93.8 cm³/mol. The summed E-state index contributed by atoms with van der Waals surface area (Å²) in [6.45, 7) is 5.05. The fourth-order valence-corrected chi connectivity index (χ4v) is 2.72. The third-order valence-corrected chi connectivity index (χ3v) is 4.01. The molecule has 0 bridgehead atoms. The van der Waals surface area contributed by atoms with Gasteiger partial charge >= 0.3 is 0 Å². The highest BCUT2D eigenvalue weighted by Crippen LogP contribution is 2.16. The van der Waals surface area contributed by atoms with Crippen molar-refractivity contribution >= 4 is 27.8 Å². The van der Waals surface area contributed by atoms with Gasteiger partial charge in [-0.1, -0.05) is 0 Å². The van der Waals surface area contributed by atoms with Gasteiger partial charge in [-0.15, -0.1) is 0 Å². The van der Waals surface area contributed by atoms with Crippen LogP contribution in [0, 0.1) is 5.41 Å². The van der Waals surface area contributed by atoms with Gasteiger partial charge in [0, 0.05) is 51.1 Å². The number of hydrogen-bond donors (Lipinski definition) is 2. The number of aliphatic imine (C=N–C) groups is 1. The van der Waals surface area contributed by atoms with Crippen LogP contribution in [0.15, 0.2) is 21.7 Å². The van der Waals surface area contributed by atoms with Gasteiger partial charge in [-0.05, 0) is 35.8 Å². The van der Waals surface area contributed by atoms with Crippen molar-refractivity contribution in [3.63, 3.8) is 0 Å². The van der Waals surface area contributed by atoms with Crippen molar-refractivity contribution in [3.05, 3.63) is 22.4 Å². The first-order valence-corrected chi connectivity index (χ1v) is 7.95. The van der Waals surface area contributed by atoms with Crippen molar-refractivity contribution in [1.82, 2.24) is 20.1 Å². The molecule has 0 atom stereocenters. The first-order valence-electron chi connectivity index (χ1n) is 7.16. The summed E-state index contributed by atoms with van der Waals surface area (Å²) in [6, 6.07) is 2.08. The molecule has 0 unspecified atom stereocenters. The molecule has 124 valence electrons. The molecule has 0 fully saturated rings. The minimum absolute atomic E-state index is 0.00414. The molecule has 1 rings (SSSR count). The molecule has 0 aliphatic carbocycles. The molecule has 0 radical (unpaired) electrons. The van der Waals surface area contributed by atoms with Crippen LogP contribution in [0.1, 0.15) is 19.5 Å². The Morgan fingerprint density at radius 1 is 1.50 bits per heavy atom. The summed E-state index contributed by atoms with van der Waals surface area (Å²) >= 11 is 3.48. The van der Waals surface area contributed by atoms with Gasteiger partial charge < -0.3 is 20.1 Å². The lowest BCUT2D eigenvalue weighted by molar-refractivity contribution is -0.128. The standard InChI is InChI=1S/C15H26BrN5O/c1-15(2,13(22)17-3)10-19-14(18-4)21(6)9-12-7-11(16)8-20(12)5/h7-8H,9-10H2,1-6H3,(H,17,22)(H,18,19). The topological polar surface area (TPSA) is 61.7 Å². The van der Waals surface area contributed by atoms with E-state index in [1.807, 2.05) is 39.0 Å². The van der Waals surface area contributed by atoms with E-state index in [2.05, 4.69) is 42.2 Å². The van der Waals surface area contributed by atoms with E-state index in [0.29, 0.717) is 6.54 Å². The van der Waals surface area contributed by atoms with Gasteiger partial charge in [0.15, 0.2) is 5.96 Å². The predicted octanol–water partition coefficient (Wildman–Crippen LogP) is 1.57. The number of hydrogen-bond acceptors (Lipinski definition) is 2. The Hall–Kier alpha value is -1.50. The average molecular weight is 372 g/mol. The van der Waals surface area contributed by atoms with E-state index in [1.165, 1.54) is 5.69 Å².